The van der Waals surface area contributed by atoms with Crippen LogP contribution in [0.3, 0.4) is 0 Å². The minimum Gasteiger partial charge on any atom is -0.408 e. The van der Waals surface area contributed by atoms with Crippen molar-refractivity contribution < 1.29 is 13.9 Å². The monoisotopic (exact) mass is 332 g/mol. The Kier molecular flexibility index (Phi) is 5.35. The molecule has 0 bridgehead atoms. The zero-order valence-corrected chi connectivity index (χ0v) is 14.0. The van der Waals surface area contributed by atoms with Gasteiger partial charge in [0.1, 0.15) is 0 Å². The lowest BCUT2D eigenvalue weighted by Crippen LogP contribution is -2.26. The second-order valence-electron chi connectivity index (χ2n) is 6.35. The summed E-state index contributed by atoms with van der Waals surface area (Å²) in [5, 5.41) is 2.89. The quantitative estimate of drug-likeness (QED) is 0.825. The molecular formula is C18H24N2O4. The summed E-state index contributed by atoms with van der Waals surface area (Å²) < 4.78 is 12.3. The fourth-order valence-electron chi connectivity index (χ4n) is 3.13. The standard InChI is InChI=1S/C18H24N2O4/c1-20-15-12-13(8-9-16(15)24-18(20)22)17(21)19-10-5-11-23-14-6-3-2-4-7-14/h8-9,12,14H,2-7,10-11H2,1H3,(H,19,21). The number of benzene rings is 1. The molecule has 0 aliphatic heterocycles. The molecule has 1 aromatic carbocycles. The van der Waals surface area contributed by atoms with Crippen molar-refractivity contribution in [3.63, 3.8) is 0 Å². The SMILES string of the molecule is Cn1c(=O)oc2ccc(C(=O)NCCCOC3CCCCC3)cc21. The van der Waals surface area contributed by atoms with E-state index in [-0.39, 0.29) is 5.91 Å². The first-order valence-electron chi connectivity index (χ1n) is 8.64. The van der Waals surface area contributed by atoms with E-state index in [2.05, 4.69) is 5.32 Å². The molecule has 0 radical (unpaired) electrons. The third-order valence-electron chi connectivity index (χ3n) is 4.57. The predicted molar refractivity (Wildman–Crippen MR) is 91.2 cm³/mol. The van der Waals surface area contributed by atoms with Crippen LogP contribution in [-0.2, 0) is 11.8 Å². The number of nitrogens with zero attached hydrogens (tertiary/aromatic N) is 1. The number of hydrogen-bond acceptors (Lipinski definition) is 4. The highest BCUT2D eigenvalue weighted by atomic mass is 16.5. The average Bonchev–Trinajstić information content (AvgIpc) is 2.89. The van der Waals surface area contributed by atoms with E-state index < -0.39 is 5.76 Å². The predicted octanol–water partition coefficient (Wildman–Crippen LogP) is 2.60. The highest BCUT2D eigenvalue weighted by molar-refractivity contribution is 5.97. The Morgan fingerprint density at radius 3 is 2.92 bits per heavy atom. The fraction of sp³-hybridized carbons (Fsp3) is 0.556. The van der Waals surface area contributed by atoms with Gasteiger partial charge in [-0.2, -0.15) is 0 Å². The lowest BCUT2D eigenvalue weighted by molar-refractivity contribution is 0.0273. The van der Waals surface area contributed by atoms with Crippen molar-refractivity contribution >= 4 is 17.0 Å². The van der Waals surface area contributed by atoms with E-state index in [1.807, 2.05) is 0 Å². The summed E-state index contributed by atoms with van der Waals surface area (Å²) in [7, 11) is 1.62. The molecule has 0 atom stereocenters. The van der Waals surface area contributed by atoms with E-state index in [4.69, 9.17) is 9.15 Å². The van der Waals surface area contributed by atoms with E-state index in [1.54, 1.807) is 25.2 Å². The smallest absolute Gasteiger partial charge is 0.408 e. The van der Waals surface area contributed by atoms with Crippen molar-refractivity contribution in [2.75, 3.05) is 13.2 Å². The van der Waals surface area contributed by atoms with Crippen molar-refractivity contribution in [3.8, 4) is 0 Å². The third-order valence-corrected chi connectivity index (χ3v) is 4.57. The lowest BCUT2D eigenvalue weighted by Gasteiger charge is -2.21. The zero-order chi connectivity index (χ0) is 16.9. The molecule has 130 valence electrons. The molecule has 6 nitrogen and oxygen atoms in total. The summed E-state index contributed by atoms with van der Waals surface area (Å²) in [6.07, 6.45) is 7.38. The summed E-state index contributed by atoms with van der Waals surface area (Å²) in [4.78, 5) is 23.7. The second kappa shape index (κ2) is 7.66. The summed E-state index contributed by atoms with van der Waals surface area (Å²) in [5.74, 6) is -0.578. The second-order valence-corrected chi connectivity index (χ2v) is 6.35. The maximum Gasteiger partial charge on any atom is 0.419 e. The van der Waals surface area contributed by atoms with Crippen LogP contribution in [-0.4, -0.2) is 29.7 Å². The van der Waals surface area contributed by atoms with Gasteiger partial charge in [-0.25, -0.2) is 4.79 Å². The normalized spacial score (nSPS) is 15.7. The number of aryl methyl sites for hydroxylation is 1. The van der Waals surface area contributed by atoms with E-state index in [9.17, 15) is 9.59 Å². The van der Waals surface area contributed by atoms with Gasteiger partial charge in [0, 0.05) is 25.8 Å². The Labute approximate surface area is 140 Å². The number of carbonyl (C=O) groups excluding carboxylic acids is 1. The van der Waals surface area contributed by atoms with Gasteiger partial charge in [0.05, 0.1) is 11.6 Å². The molecule has 1 fully saturated rings. The molecule has 1 aliphatic rings. The van der Waals surface area contributed by atoms with Gasteiger partial charge >= 0.3 is 5.76 Å². The number of nitrogens with one attached hydrogen (secondary N) is 1. The molecule has 0 saturated heterocycles. The number of ether oxygens (including phenoxy) is 1. The molecule has 3 rings (SSSR count). The minimum absolute atomic E-state index is 0.150. The number of hydrogen-bond donors (Lipinski definition) is 1. The van der Waals surface area contributed by atoms with E-state index in [0.717, 1.165) is 19.3 Å². The molecule has 1 aromatic heterocycles. The van der Waals surface area contributed by atoms with Crippen LogP contribution in [0.5, 0.6) is 0 Å². The number of rotatable bonds is 6. The Morgan fingerprint density at radius 2 is 2.12 bits per heavy atom. The largest absolute Gasteiger partial charge is 0.419 e. The molecule has 0 spiro atoms. The third kappa shape index (κ3) is 3.87. The van der Waals surface area contributed by atoms with E-state index in [1.165, 1.54) is 23.8 Å². The Hall–Kier alpha value is -2.08. The first kappa shape index (κ1) is 16.8. The zero-order valence-electron chi connectivity index (χ0n) is 14.0. The van der Waals surface area contributed by atoms with Crippen LogP contribution in [0.4, 0.5) is 0 Å². The number of oxazole rings is 1. The number of carbonyl (C=O) groups is 1. The van der Waals surface area contributed by atoms with Crippen LogP contribution in [0.25, 0.3) is 11.1 Å². The van der Waals surface area contributed by atoms with Crippen LogP contribution < -0.4 is 11.1 Å². The van der Waals surface area contributed by atoms with Gasteiger partial charge in [-0.05, 0) is 37.5 Å². The summed E-state index contributed by atoms with van der Waals surface area (Å²) in [5.41, 5.74) is 1.63. The summed E-state index contributed by atoms with van der Waals surface area (Å²) >= 11 is 0. The molecule has 1 N–H and O–H groups in total. The van der Waals surface area contributed by atoms with Crippen molar-refractivity contribution in [1.82, 2.24) is 9.88 Å². The molecule has 0 unspecified atom stereocenters. The van der Waals surface area contributed by atoms with Crippen LogP contribution in [0.1, 0.15) is 48.9 Å². The molecule has 6 heteroatoms. The molecule has 1 aliphatic carbocycles. The maximum absolute atomic E-state index is 12.2. The average molecular weight is 332 g/mol. The lowest BCUT2D eigenvalue weighted by atomic mass is 9.98. The molecule has 1 amide bonds. The van der Waals surface area contributed by atoms with E-state index >= 15 is 0 Å². The fourth-order valence-corrected chi connectivity index (χ4v) is 3.13. The van der Waals surface area contributed by atoms with Gasteiger partial charge in [-0.15, -0.1) is 0 Å². The van der Waals surface area contributed by atoms with Gasteiger partial charge in [0.25, 0.3) is 5.91 Å². The Balaban J connectivity index is 1.46. The van der Waals surface area contributed by atoms with Gasteiger partial charge < -0.3 is 14.5 Å². The van der Waals surface area contributed by atoms with Gasteiger partial charge in [0.15, 0.2) is 5.58 Å². The number of amides is 1. The Morgan fingerprint density at radius 1 is 1.33 bits per heavy atom. The van der Waals surface area contributed by atoms with Crippen molar-refractivity contribution in [1.29, 1.82) is 0 Å². The van der Waals surface area contributed by atoms with Crippen molar-refractivity contribution in [2.24, 2.45) is 7.05 Å². The first-order valence-corrected chi connectivity index (χ1v) is 8.64. The van der Waals surface area contributed by atoms with Crippen molar-refractivity contribution in [3.05, 3.63) is 34.3 Å². The molecule has 1 heterocycles. The van der Waals surface area contributed by atoms with Gasteiger partial charge in [-0.3, -0.25) is 9.36 Å². The van der Waals surface area contributed by atoms with Gasteiger partial charge in [-0.1, -0.05) is 19.3 Å². The number of aromatic nitrogens is 1. The summed E-state index contributed by atoms with van der Waals surface area (Å²) in [6.45, 7) is 1.26. The van der Waals surface area contributed by atoms with Crippen LogP contribution >= 0.6 is 0 Å². The van der Waals surface area contributed by atoms with Crippen LogP contribution in [0.15, 0.2) is 27.4 Å². The first-order chi connectivity index (χ1) is 11.6. The molecule has 24 heavy (non-hydrogen) atoms. The van der Waals surface area contributed by atoms with Crippen LogP contribution in [0, 0.1) is 0 Å². The highest BCUT2D eigenvalue weighted by Crippen LogP contribution is 2.20. The van der Waals surface area contributed by atoms with E-state index in [0.29, 0.717) is 35.9 Å². The molecule has 2 aromatic rings. The minimum atomic E-state index is -0.428. The summed E-state index contributed by atoms with van der Waals surface area (Å²) in [6, 6.07) is 4.99. The maximum atomic E-state index is 12.2. The topological polar surface area (TPSA) is 73.5 Å². The van der Waals surface area contributed by atoms with Crippen molar-refractivity contribution in [2.45, 2.75) is 44.6 Å². The van der Waals surface area contributed by atoms with Crippen LogP contribution in [0.2, 0.25) is 0 Å². The van der Waals surface area contributed by atoms with Gasteiger partial charge in [0.2, 0.25) is 0 Å². The molecule has 1 saturated carbocycles. The molecular weight excluding hydrogens is 308 g/mol. The Bertz CT molecular complexity index is 756. The number of fused-ring (bicyclic) bond motifs is 1. The highest BCUT2D eigenvalue weighted by Gasteiger charge is 2.13.